The Balaban J connectivity index is 1.29. The lowest BCUT2D eigenvalue weighted by Crippen LogP contribution is -2.46. The Morgan fingerprint density at radius 2 is 1.98 bits per heavy atom. The Labute approximate surface area is 302 Å². The average Bonchev–Trinajstić information content (AvgIpc) is 3.81. The van der Waals surface area contributed by atoms with Gasteiger partial charge in [-0.2, -0.15) is 0 Å². The number of primary amides is 1. The minimum atomic E-state index is -1.27. The number of thiocarbonyl (C=S) groups is 1. The molecule has 266 valence electrons. The highest BCUT2D eigenvalue weighted by Gasteiger charge is 2.48. The molecular formula is C37H44N4O7S2. The molecule has 13 heteroatoms. The Hall–Kier alpha value is -4.28. The Morgan fingerprint density at radius 3 is 2.64 bits per heavy atom. The maximum Gasteiger partial charge on any atom is 0.408 e. The van der Waals surface area contributed by atoms with Crippen LogP contribution in [0.3, 0.4) is 0 Å². The van der Waals surface area contributed by atoms with Crippen molar-refractivity contribution in [3.8, 4) is 28.8 Å². The van der Waals surface area contributed by atoms with Gasteiger partial charge in [0.05, 0.1) is 36.3 Å². The predicted octanol–water partition coefficient (Wildman–Crippen LogP) is 5.53. The number of carbonyl (C=O) groups is 4. The molecule has 2 aliphatic carbocycles. The highest BCUT2D eigenvalue weighted by atomic mass is 32.2. The van der Waals surface area contributed by atoms with E-state index in [1.165, 1.54) is 31.0 Å². The summed E-state index contributed by atoms with van der Waals surface area (Å²) in [6.45, 7) is 5.06. The standard InChI is InChI=1S/C37H44N4O7S2/c1-37(2,3)48-35(45)39-28(21-31(38)42)34(44)47-15-8-6-7-10-24-18-26(40(4)32(24)25-11-9-12-27(19-25)46-5)20-30-33(43)41(36(49)50-30)29-17-22-13-14-23(29)16-22/h9,11-12,18-20,22-23,28-29H,6,8,13-17,21H2,1-5H3,(H2,38,42)(H,39,45)/t22?,23?,28-,29?/m0/s1. The minimum Gasteiger partial charge on any atom is -0.497 e. The molecule has 1 aliphatic heterocycles. The van der Waals surface area contributed by atoms with Crippen molar-refractivity contribution in [1.29, 1.82) is 0 Å². The van der Waals surface area contributed by atoms with Gasteiger partial charge in [-0.25, -0.2) is 9.59 Å². The van der Waals surface area contributed by atoms with Gasteiger partial charge in [-0.1, -0.05) is 54.4 Å². The molecule has 3 fully saturated rings. The number of hydrogen-bond donors (Lipinski definition) is 2. The largest absolute Gasteiger partial charge is 0.497 e. The van der Waals surface area contributed by atoms with E-state index in [0.29, 0.717) is 39.7 Å². The summed E-state index contributed by atoms with van der Waals surface area (Å²) >= 11 is 7.08. The van der Waals surface area contributed by atoms with Gasteiger partial charge in [0.2, 0.25) is 5.91 Å². The van der Waals surface area contributed by atoms with Crippen molar-refractivity contribution >= 4 is 58.3 Å². The van der Waals surface area contributed by atoms with Crippen LogP contribution >= 0.6 is 24.0 Å². The third kappa shape index (κ3) is 8.89. The fourth-order valence-electron chi connectivity index (χ4n) is 6.84. The number of nitrogens with zero attached hydrogens (tertiary/aromatic N) is 2. The van der Waals surface area contributed by atoms with E-state index in [1.807, 2.05) is 52.9 Å². The maximum atomic E-state index is 13.7. The molecule has 1 saturated heterocycles. The van der Waals surface area contributed by atoms with Crippen LogP contribution in [0.25, 0.3) is 17.3 Å². The van der Waals surface area contributed by atoms with Gasteiger partial charge < -0.3 is 29.8 Å². The van der Waals surface area contributed by atoms with Gasteiger partial charge in [0, 0.05) is 30.8 Å². The Morgan fingerprint density at radius 1 is 1.20 bits per heavy atom. The lowest BCUT2D eigenvalue weighted by Gasteiger charge is -2.30. The lowest BCUT2D eigenvalue weighted by molar-refractivity contribution is -0.147. The summed E-state index contributed by atoms with van der Waals surface area (Å²) in [7, 11) is 3.56. The summed E-state index contributed by atoms with van der Waals surface area (Å²) in [6, 6.07) is 8.59. The second-order valence-electron chi connectivity index (χ2n) is 13.9. The lowest BCUT2D eigenvalue weighted by atomic mass is 9.94. The number of unbranched alkanes of at least 4 members (excludes halogenated alkanes) is 1. The van der Waals surface area contributed by atoms with Crippen molar-refractivity contribution in [2.75, 3.05) is 13.7 Å². The number of thioether (sulfide) groups is 1. The predicted molar refractivity (Wildman–Crippen MR) is 196 cm³/mol. The van der Waals surface area contributed by atoms with Crippen LogP contribution in [0.15, 0.2) is 35.2 Å². The van der Waals surface area contributed by atoms with Crippen LogP contribution in [0.5, 0.6) is 5.75 Å². The van der Waals surface area contributed by atoms with Crippen LogP contribution in [0, 0.1) is 23.7 Å². The number of methoxy groups -OCH3 is 1. The number of aromatic nitrogens is 1. The van der Waals surface area contributed by atoms with Gasteiger partial charge in [0.25, 0.3) is 5.91 Å². The molecule has 1 aromatic carbocycles. The first-order valence-electron chi connectivity index (χ1n) is 16.8. The van der Waals surface area contributed by atoms with Gasteiger partial charge in [-0.05, 0) is 82.6 Å². The molecule has 2 aromatic rings. The summed E-state index contributed by atoms with van der Waals surface area (Å²) in [5.41, 5.74) is 7.82. The molecule has 50 heavy (non-hydrogen) atoms. The van der Waals surface area contributed by atoms with Crippen molar-refractivity contribution < 1.29 is 33.4 Å². The highest BCUT2D eigenvalue weighted by Crippen LogP contribution is 2.49. The molecule has 3 unspecified atom stereocenters. The first kappa shape index (κ1) is 37.0. The van der Waals surface area contributed by atoms with Crippen LogP contribution < -0.4 is 15.8 Å². The summed E-state index contributed by atoms with van der Waals surface area (Å²) in [5.74, 6) is 6.79. The van der Waals surface area contributed by atoms with Crippen molar-refractivity contribution in [2.24, 2.45) is 24.6 Å². The summed E-state index contributed by atoms with van der Waals surface area (Å²) in [5, 5.41) is 2.36. The van der Waals surface area contributed by atoms with Crippen molar-refractivity contribution in [3.63, 3.8) is 0 Å². The number of alkyl carbamates (subject to hydrolysis) is 1. The maximum absolute atomic E-state index is 13.7. The SMILES string of the molecule is COc1cccc(-c2c(C#CCCCOC(=O)[C@H](CC(N)=O)NC(=O)OC(C)(C)C)cc(C=C3SC(=S)N(C4CC5CCC4C5)C3=O)n2C)c1. The van der Waals surface area contributed by atoms with Crippen LogP contribution in [0.2, 0.25) is 0 Å². The number of esters is 1. The quantitative estimate of drug-likeness (QED) is 0.101. The molecule has 2 saturated carbocycles. The van der Waals surface area contributed by atoms with E-state index >= 15 is 0 Å². The van der Waals surface area contributed by atoms with E-state index in [1.54, 1.807) is 27.9 Å². The minimum absolute atomic E-state index is 0.0198. The fraction of sp³-hybridized carbons (Fsp3) is 0.486. The third-order valence-electron chi connectivity index (χ3n) is 9.04. The number of nitrogens with one attached hydrogen (secondary N) is 1. The molecule has 5 rings (SSSR count). The van der Waals surface area contributed by atoms with E-state index in [2.05, 4.69) is 17.2 Å². The zero-order valence-electron chi connectivity index (χ0n) is 29.1. The molecule has 1 aromatic heterocycles. The first-order chi connectivity index (χ1) is 23.7. The third-order valence-corrected chi connectivity index (χ3v) is 10.4. The van der Waals surface area contributed by atoms with Gasteiger partial charge in [-0.15, -0.1) is 0 Å². The molecule has 3 amide bonds. The fourth-order valence-corrected chi connectivity index (χ4v) is 8.20. The van der Waals surface area contributed by atoms with Gasteiger partial charge >= 0.3 is 12.1 Å². The van der Waals surface area contributed by atoms with Crippen molar-refractivity contribution in [1.82, 2.24) is 14.8 Å². The molecule has 3 aliphatic rings. The second kappa shape index (κ2) is 15.7. The number of ether oxygens (including phenoxy) is 3. The van der Waals surface area contributed by atoms with Crippen LogP contribution in [-0.2, 0) is 30.9 Å². The van der Waals surface area contributed by atoms with Crippen molar-refractivity contribution in [2.45, 2.75) is 83.4 Å². The Kier molecular flexibility index (Phi) is 11.6. The number of carbonyl (C=O) groups excluding carboxylic acids is 4. The van der Waals surface area contributed by atoms with E-state index in [-0.39, 0.29) is 18.6 Å². The first-order valence-corrected chi connectivity index (χ1v) is 18.0. The van der Waals surface area contributed by atoms with E-state index < -0.39 is 36.0 Å². The second-order valence-corrected chi connectivity index (χ2v) is 15.5. The molecule has 11 nitrogen and oxygen atoms in total. The molecular weight excluding hydrogens is 677 g/mol. The molecule has 3 N–H and O–H groups in total. The van der Waals surface area contributed by atoms with Gasteiger partial charge in [-0.3, -0.25) is 14.5 Å². The highest BCUT2D eigenvalue weighted by molar-refractivity contribution is 8.26. The van der Waals surface area contributed by atoms with Gasteiger partial charge in [0.15, 0.2) is 0 Å². The van der Waals surface area contributed by atoms with Crippen LogP contribution in [0.1, 0.15) is 77.0 Å². The number of hydrogen-bond acceptors (Lipinski definition) is 9. The number of fused-ring (bicyclic) bond motifs is 2. The molecule has 2 heterocycles. The number of rotatable bonds is 11. The normalized spacial score (nSPS) is 21.2. The molecule has 4 atom stereocenters. The van der Waals surface area contributed by atoms with Gasteiger partial charge in [0.1, 0.15) is 21.7 Å². The summed E-state index contributed by atoms with van der Waals surface area (Å²) in [6.07, 6.45) is 6.07. The smallest absolute Gasteiger partial charge is 0.408 e. The van der Waals surface area contributed by atoms with E-state index in [4.69, 9.17) is 32.2 Å². The number of nitrogens with two attached hydrogens (primary N) is 1. The number of benzene rings is 1. The van der Waals surface area contributed by atoms with Crippen LogP contribution in [0.4, 0.5) is 4.79 Å². The topological polar surface area (TPSA) is 142 Å². The summed E-state index contributed by atoms with van der Waals surface area (Å²) < 4.78 is 18.6. The average molecular weight is 721 g/mol. The summed E-state index contributed by atoms with van der Waals surface area (Å²) in [4.78, 5) is 52.5. The monoisotopic (exact) mass is 720 g/mol. The van der Waals surface area contributed by atoms with E-state index in [0.717, 1.165) is 28.9 Å². The Bertz CT molecular complexity index is 1770. The molecule has 0 spiro atoms. The molecule has 2 bridgehead atoms. The van der Waals surface area contributed by atoms with Crippen molar-refractivity contribution in [3.05, 3.63) is 46.5 Å². The zero-order valence-corrected chi connectivity index (χ0v) is 30.7. The molecule has 0 radical (unpaired) electrons. The van der Waals surface area contributed by atoms with E-state index in [9.17, 15) is 19.2 Å². The van der Waals surface area contributed by atoms with Crippen LogP contribution in [-0.4, -0.2) is 69.1 Å². The zero-order chi connectivity index (χ0) is 36.2. The number of amides is 3.